The summed E-state index contributed by atoms with van der Waals surface area (Å²) in [5.41, 5.74) is 9.01. The molecule has 0 aliphatic heterocycles. The van der Waals surface area contributed by atoms with Crippen molar-refractivity contribution >= 4 is 0 Å². The van der Waals surface area contributed by atoms with E-state index in [1.807, 2.05) is 61.5 Å². The molecule has 1 atom stereocenters. The van der Waals surface area contributed by atoms with Crippen molar-refractivity contribution in [1.29, 1.82) is 0 Å². The second-order valence-corrected chi connectivity index (χ2v) is 10.0. The average Bonchev–Trinajstić information content (AvgIpc) is 3.46. The maximum Gasteiger partial charge on any atom is -0.00411 e. The lowest BCUT2D eigenvalue weighted by molar-refractivity contribution is 0.582. The van der Waals surface area contributed by atoms with Crippen molar-refractivity contribution in [2.75, 3.05) is 0 Å². The first kappa shape index (κ1) is 47.7. The Hall–Kier alpha value is -2.08. The Bertz CT molecular complexity index is 790. The topological polar surface area (TPSA) is 0 Å². The molecule has 0 fully saturated rings. The predicted octanol–water partition coefficient (Wildman–Crippen LogP) is 14.3. The van der Waals surface area contributed by atoms with Crippen LogP contribution in [0.1, 0.15) is 158 Å². The van der Waals surface area contributed by atoms with E-state index in [9.17, 15) is 0 Å². The van der Waals surface area contributed by atoms with Gasteiger partial charge in [-0.3, -0.25) is 0 Å². The van der Waals surface area contributed by atoms with Crippen LogP contribution in [0.15, 0.2) is 73.4 Å². The van der Waals surface area contributed by atoms with Crippen LogP contribution in [-0.2, 0) is 11.8 Å². The molecule has 40 heavy (non-hydrogen) atoms. The van der Waals surface area contributed by atoms with Gasteiger partial charge in [-0.2, -0.15) is 0 Å². The molecule has 0 heterocycles. The number of rotatable bonds is 7. The predicted molar refractivity (Wildman–Crippen MR) is 194 cm³/mol. The number of aryl methyl sites for hydroxylation is 1. The van der Waals surface area contributed by atoms with Crippen LogP contribution < -0.4 is 0 Å². The highest BCUT2D eigenvalue weighted by molar-refractivity contribution is 5.43. The summed E-state index contributed by atoms with van der Waals surface area (Å²) in [6, 6.07) is 4.77. The summed E-state index contributed by atoms with van der Waals surface area (Å²) in [5, 5.41) is 0. The van der Waals surface area contributed by atoms with E-state index in [2.05, 4.69) is 118 Å². The molecule has 2 rings (SSSR count). The van der Waals surface area contributed by atoms with E-state index in [0.29, 0.717) is 11.8 Å². The lowest BCUT2D eigenvalue weighted by Crippen LogP contribution is -2.15. The van der Waals surface area contributed by atoms with Crippen molar-refractivity contribution in [3.63, 3.8) is 0 Å². The molecule has 0 bridgehead atoms. The Morgan fingerprint density at radius 3 is 1.80 bits per heavy atom. The largest absolute Gasteiger partial charge is 0.106 e. The zero-order valence-electron chi connectivity index (χ0n) is 30.6. The zero-order valence-corrected chi connectivity index (χ0v) is 30.6. The molecule has 1 aliphatic carbocycles. The van der Waals surface area contributed by atoms with Gasteiger partial charge in [0.2, 0.25) is 0 Å². The first-order chi connectivity index (χ1) is 19.0. The van der Waals surface area contributed by atoms with Gasteiger partial charge < -0.3 is 0 Å². The molecule has 0 heteroatoms. The smallest absolute Gasteiger partial charge is 0.00411 e. The molecular weight excluding hydrogens is 480 g/mol. The van der Waals surface area contributed by atoms with Gasteiger partial charge in [-0.25, -0.2) is 0 Å². The van der Waals surface area contributed by atoms with E-state index < -0.39 is 0 Å². The van der Waals surface area contributed by atoms with Gasteiger partial charge in [0.25, 0.3) is 0 Å². The van der Waals surface area contributed by atoms with E-state index in [-0.39, 0.29) is 5.41 Å². The SMILES string of the molecule is C=C.C=CC1=CC(CCC/C(C)=C/C)C=C1.CC.CC.CC.CC.CCc1cc(C(C)C)c(C)c(C(C)(C)C)c1. The molecule has 0 spiro atoms. The minimum Gasteiger partial charge on any atom is -0.106 e. The van der Waals surface area contributed by atoms with Crippen LogP contribution >= 0.6 is 0 Å². The Balaban J connectivity index is -0.000000156. The standard InChI is InChI=1S/C16H26.C14H20.4C2H6.C2H4/c1-8-13-9-14(11(2)3)12(4)15(10-13)16(5,6)7;1-4-12(3)7-6-8-14-10-9-13(5-2)11-14;5*1-2/h9-11H,8H2,1-7H3;4-5,9-11,14H,2,6-8H2,1,3H3;4*1-2H3;1-2H2/b;12-4+;;;;;. The van der Waals surface area contributed by atoms with Crippen LogP contribution in [0.2, 0.25) is 0 Å². The highest BCUT2D eigenvalue weighted by Gasteiger charge is 2.19. The van der Waals surface area contributed by atoms with Gasteiger partial charge >= 0.3 is 0 Å². The zero-order chi connectivity index (χ0) is 32.9. The fourth-order valence-electron chi connectivity index (χ4n) is 4.05. The van der Waals surface area contributed by atoms with Gasteiger partial charge in [-0.1, -0.05) is 152 Å². The normalized spacial score (nSPS) is 13.0. The second kappa shape index (κ2) is 31.4. The summed E-state index contributed by atoms with van der Waals surface area (Å²) in [7, 11) is 0. The molecular formula is C40H74. The van der Waals surface area contributed by atoms with Crippen LogP contribution in [0.5, 0.6) is 0 Å². The summed E-state index contributed by atoms with van der Waals surface area (Å²) in [6.45, 7) is 46.1. The summed E-state index contributed by atoms with van der Waals surface area (Å²) < 4.78 is 0. The van der Waals surface area contributed by atoms with Crippen LogP contribution in [0.25, 0.3) is 0 Å². The second-order valence-electron chi connectivity index (χ2n) is 10.0. The van der Waals surface area contributed by atoms with E-state index >= 15 is 0 Å². The number of hydrogen-bond acceptors (Lipinski definition) is 0. The molecule has 1 aromatic carbocycles. The van der Waals surface area contributed by atoms with Crippen molar-refractivity contribution in [2.45, 2.75) is 155 Å². The Morgan fingerprint density at radius 1 is 0.950 bits per heavy atom. The van der Waals surface area contributed by atoms with Crippen LogP contribution in [-0.4, -0.2) is 0 Å². The Morgan fingerprint density at radius 2 is 1.45 bits per heavy atom. The molecule has 1 unspecified atom stereocenters. The highest BCUT2D eigenvalue weighted by Crippen LogP contribution is 2.32. The van der Waals surface area contributed by atoms with E-state index in [1.165, 1.54) is 52.7 Å². The fraction of sp³-hybridized carbons (Fsp3) is 0.600. The summed E-state index contributed by atoms with van der Waals surface area (Å²) in [4.78, 5) is 0. The fourth-order valence-corrected chi connectivity index (χ4v) is 4.05. The van der Waals surface area contributed by atoms with Crippen molar-refractivity contribution < 1.29 is 0 Å². The number of benzene rings is 1. The first-order valence-electron chi connectivity index (χ1n) is 16.3. The minimum atomic E-state index is 0.249. The number of allylic oxidation sites excluding steroid dienone is 7. The van der Waals surface area contributed by atoms with Gasteiger partial charge in [0.15, 0.2) is 0 Å². The molecule has 0 amide bonds. The van der Waals surface area contributed by atoms with E-state index in [1.54, 1.807) is 0 Å². The first-order valence-corrected chi connectivity index (χ1v) is 16.3. The third-order valence-electron chi connectivity index (χ3n) is 6.13. The third kappa shape index (κ3) is 21.7. The number of hydrogen-bond donors (Lipinski definition) is 0. The maximum absolute atomic E-state index is 3.77. The molecule has 0 radical (unpaired) electrons. The lowest BCUT2D eigenvalue weighted by atomic mass is 9.79. The van der Waals surface area contributed by atoms with Gasteiger partial charge in [0.1, 0.15) is 0 Å². The monoisotopic (exact) mass is 555 g/mol. The van der Waals surface area contributed by atoms with Crippen molar-refractivity contribution in [3.8, 4) is 0 Å². The summed E-state index contributed by atoms with van der Waals surface area (Å²) in [5.74, 6) is 1.26. The molecule has 0 nitrogen and oxygen atoms in total. The van der Waals surface area contributed by atoms with Crippen molar-refractivity contribution in [3.05, 3.63) is 95.6 Å². The molecule has 0 saturated heterocycles. The van der Waals surface area contributed by atoms with E-state index in [4.69, 9.17) is 0 Å². The average molecular weight is 555 g/mol. The molecule has 234 valence electrons. The molecule has 1 aliphatic rings. The van der Waals surface area contributed by atoms with Crippen LogP contribution in [0.3, 0.4) is 0 Å². The molecule has 1 aromatic rings. The highest BCUT2D eigenvalue weighted by atomic mass is 14.2. The van der Waals surface area contributed by atoms with Crippen LogP contribution in [0, 0.1) is 12.8 Å². The van der Waals surface area contributed by atoms with Gasteiger partial charge in [0.05, 0.1) is 0 Å². The summed E-state index contributed by atoms with van der Waals surface area (Å²) in [6.07, 6.45) is 15.8. The van der Waals surface area contributed by atoms with Crippen molar-refractivity contribution in [1.82, 2.24) is 0 Å². The Kier molecular flexibility index (Phi) is 37.5. The van der Waals surface area contributed by atoms with Gasteiger partial charge in [0, 0.05) is 0 Å². The maximum atomic E-state index is 3.77. The quantitative estimate of drug-likeness (QED) is 0.294. The minimum absolute atomic E-state index is 0.249. The summed E-state index contributed by atoms with van der Waals surface area (Å²) >= 11 is 0. The van der Waals surface area contributed by atoms with Crippen molar-refractivity contribution in [2.24, 2.45) is 5.92 Å². The molecule has 0 aromatic heterocycles. The Labute approximate surface area is 255 Å². The third-order valence-corrected chi connectivity index (χ3v) is 6.13. The van der Waals surface area contributed by atoms with E-state index in [0.717, 1.165) is 6.42 Å². The van der Waals surface area contributed by atoms with Gasteiger partial charge in [-0.05, 0) is 91.5 Å². The molecule has 0 N–H and O–H groups in total. The molecule has 0 saturated carbocycles. The van der Waals surface area contributed by atoms with Crippen LogP contribution in [0.4, 0.5) is 0 Å². The van der Waals surface area contributed by atoms with Gasteiger partial charge in [-0.15, -0.1) is 13.2 Å². The lowest BCUT2D eigenvalue weighted by Gasteiger charge is -2.26.